The van der Waals surface area contributed by atoms with Gasteiger partial charge in [0.1, 0.15) is 0 Å². The fourth-order valence-corrected chi connectivity index (χ4v) is 3.92. The van der Waals surface area contributed by atoms with Crippen molar-refractivity contribution in [3.63, 3.8) is 0 Å². The molecule has 0 saturated carbocycles. The molecule has 1 aliphatic heterocycles. The van der Waals surface area contributed by atoms with Crippen molar-refractivity contribution in [2.45, 2.75) is 11.7 Å². The van der Waals surface area contributed by atoms with E-state index in [1.807, 2.05) is 23.3 Å². The average Bonchev–Trinajstić information content (AvgIpc) is 2.90. The van der Waals surface area contributed by atoms with Gasteiger partial charge in [-0.15, -0.1) is 0 Å². The molecule has 1 aromatic rings. The zero-order valence-corrected chi connectivity index (χ0v) is 12.1. The van der Waals surface area contributed by atoms with Crippen molar-refractivity contribution in [3.05, 3.63) is 44.0 Å². The molecule has 1 atom stereocenters. The topological polar surface area (TPSA) is 85.6 Å². The Balaban J connectivity index is 2.61. The van der Waals surface area contributed by atoms with Crippen LogP contribution in [-0.4, -0.2) is 15.0 Å². The minimum absolute atomic E-state index is 0.131. The molecule has 90 valence electrons. The quantitative estimate of drug-likeness (QED) is 0.811. The van der Waals surface area contributed by atoms with Crippen molar-refractivity contribution in [1.29, 1.82) is 10.5 Å². The van der Waals surface area contributed by atoms with Crippen molar-refractivity contribution in [2.75, 3.05) is 0 Å². The van der Waals surface area contributed by atoms with E-state index in [2.05, 4.69) is 17.5 Å². The SMILES string of the molecule is C[Se]C1=C(C#N)C(c2cccs2)C(C#N)=C(N)N1. The fraction of sp³-hybridized carbons (Fsp3) is 0.167. The van der Waals surface area contributed by atoms with Crippen LogP contribution in [0.4, 0.5) is 0 Å². The van der Waals surface area contributed by atoms with Crippen molar-refractivity contribution >= 4 is 26.3 Å². The first-order valence-electron chi connectivity index (χ1n) is 5.11. The van der Waals surface area contributed by atoms with E-state index in [4.69, 9.17) is 5.73 Å². The first kappa shape index (κ1) is 12.7. The van der Waals surface area contributed by atoms with Crippen LogP contribution in [0.5, 0.6) is 0 Å². The molecule has 0 spiro atoms. The van der Waals surface area contributed by atoms with Crippen LogP contribution in [0.3, 0.4) is 0 Å². The summed E-state index contributed by atoms with van der Waals surface area (Å²) in [5, 5.41) is 23.5. The summed E-state index contributed by atoms with van der Waals surface area (Å²) in [7, 11) is 0. The number of thiophene rings is 1. The fourth-order valence-electron chi connectivity index (χ4n) is 1.83. The van der Waals surface area contributed by atoms with E-state index >= 15 is 0 Å². The second-order valence-electron chi connectivity index (χ2n) is 3.57. The summed E-state index contributed by atoms with van der Waals surface area (Å²) in [6.07, 6.45) is 0. The number of dihydropyridines is 1. The molecular weight excluding hydrogens is 311 g/mol. The number of hydrogen-bond acceptors (Lipinski definition) is 5. The second-order valence-corrected chi connectivity index (χ2v) is 6.26. The van der Waals surface area contributed by atoms with E-state index in [-0.39, 0.29) is 20.9 Å². The summed E-state index contributed by atoms with van der Waals surface area (Å²) in [5.74, 6) is 2.08. The molecule has 0 amide bonds. The van der Waals surface area contributed by atoms with E-state index in [0.29, 0.717) is 17.0 Å². The van der Waals surface area contributed by atoms with Gasteiger partial charge in [-0.2, -0.15) is 0 Å². The summed E-state index contributed by atoms with van der Waals surface area (Å²) >= 11 is 1.67. The molecule has 0 fully saturated rings. The molecule has 4 nitrogen and oxygen atoms in total. The Labute approximate surface area is 116 Å². The third-order valence-electron chi connectivity index (χ3n) is 2.63. The van der Waals surface area contributed by atoms with Gasteiger partial charge < -0.3 is 0 Å². The molecule has 2 rings (SSSR count). The zero-order chi connectivity index (χ0) is 13.1. The van der Waals surface area contributed by atoms with Gasteiger partial charge in [-0.25, -0.2) is 0 Å². The molecule has 1 unspecified atom stereocenters. The van der Waals surface area contributed by atoms with E-state index in [0.717, 1.165) is 9.47 Å². The Bertz CT molecular complexity index is 601. The molecule has 6 heteroatoms. The average molecular weight is 321 g/mol. The van der Waals surface area contributed by atoms with Crippen molar-refractivity contribution in [1.82, 2.24) is 5.32 Å². The van der Waals surface area contributed by atoms with Crippen LogP contribution in [0.25, 0.3) is 0 Å². The van der Waals surface area contributed by atoms with Crippen molar-refractivity contribution in [3.8, 4) is 12.1 Å². The van der Waals surface area contributed by atoms with Gasteiger partial charge in [0.2, 0.25) is 0 Å². The third-order valence-corrected chi connectivity index (χ3v) is 5.10. The molecule has 3 N–H and O–H groups in total. The van der Waals surface area contributed by atoms with E-state index in [1.54, 1.807) is 0 Å². The van der Waals surface area contributed by atoms with Gasteiger partial charge >= 0.3 is 116 Å². The Kier molecular flexibility index (Phi) is 3.74. The summed E-state index contributed by atoms with van der Waals surface area (Å²) < 4.78 is 0.861. The second kappa shape index (κ2) is 5.29. The van der Waals surface area contributed by atoms with Crippen molar-refractivity contribution < 1.29 is 0 Å². The van der Waals surface area contributed by atoms with E-state index in [9.17, 15) is 10.5 Å². The van der Waals surface area contributed by atoms with Gasteiger partial charge in [-0.3, -0.25) is 0 Å². The molecule has 1 aromatic heterocycles. The maximum atomic E-state index is 9.36. The number of nitrogens with one attached hydrogen (secondary N) is 1. The predicted molar refractivity (Wildman–Crippen MR) is 71.3 cm³/mol. The van der Waals surface area contributed by atoms with Gasteiger partial charge in [-0.1, -0.05) is 0 Å². The van der Waals surface area contributed by atoms with Gasteiger partial charge in [0, 0.05) is 0 Å². The van der Waals surface area contributed by atoms with Crippen molar-refractivity contribution in [2.24, 2.45) is 5.73 Å². The molecular formula is C12H10N4SSe. The number of nitriles is 2. The van der Waals surface area contributed by atoms with Gasteiger partial charge in [-0.05, 0) is 0 Å². The molecule has 0 aliphatic carbocycles. The molecule has 18 heavy (non-hydrogen) atoms. The van der Waals surface area contributed by atoms with E-state index < -0.39 is 0 Å². The molecule has 0 saturated heterocycles. The van der Waals surface area contributed by atoms with Gasteiger partial charge in [0.05, 0.1) is 0 Å². The number of nitrogens with two attached hydrogens (primary N) is 1. The molecule has 0 bridgehead atoms. The molecule has 0 radical (unpaired) electrons. The Morgan fingerprint density at radius 1 is 1.39 bits per heavy atom. The standard InChI is InChI=1S/C12H10N4SSe/c1-18-12-8(6-14)10(9-3-2-4-17-9)7(5-13)11(15)16-12/h2-4,10,16H,15H2,1H3. The monoisotopic (exact) mass is 322 g/mol. The summed E-state index contributed by atoms with van der Waals surface area (Å²) in [5.41, 5.74) is 6.93. The molecule has 2 heterocycles. The summed E-state index contributed by atoms with van der Waals surface area (Å²) in [6.45, 7) is 0. The summed E-state index contributed by atoms with van der Waals surface area (Å²) in [6, 6.07) is 8.20. The van der Waals surface area contributed by atoms with Crippen LogP contribution < -0.4 is 11.1 Å². The first-order valence-corrected chi connectivity index (χ1v) is 8.56. The van der Waals surface area contributed by atoms with Gasteiger partial charge in [0.15, 0.2) is 0 Å². The Morgan fingerprint density at radius 2 is 2.11 bits per heavy atom. The third kappa shape index (κ3) is 2.02. The molecule has 1 aliphatic rings. The van der Waals surface area contributed by atoms with Crippen LogP contribution in [-0.2, 0) is 0 Å². The van der Waals surface area contributed by atoms with Crippen LogP contribution in [0, 0.1) is 22.7 Å². The summed E-state index contributed by atoms with van der Waals surface area (Å²) in [4.78, 5) is 0.981. The first-order chi connectivity index (χ1) is 8.72. The zero-order valence-electron chi connectivity index (χ0n) is 9.60. The predicted octanol–water partition coefficient (Wildman–Crippen LogP) is 1.62. The van der Waals surface area contributed by atoms with Gasteiger partial charge in [0.25, 0.3) is 0 Å². The Hall–Kier alpha value is -1.72. The van der Waals surface area contributed by atoms with Crippen LogP contribution in [0.2, 0.25) is 5.82 Å². The number of rotatable bonds is 2. The maximum absolute atomic E-state index is 9.36. The normalized spacial score (nSPS) is 19.2. The van der Waals surface area contributed by atoms with Crippen LogP contribution in [0.1, 0.15) is 10.8 Å². The number of allylic oxidation sites excluding steroid dienone is 2. The minimum atomic E-state index is -0.307. The number of nitrogens with zero attached hydrogens (tertiary/aromatic N) is 2. The van der Waals surface area contributed by atoms with E-state index in [1.165, 1.54) is 11.3 Å². The molecule has 0 aromatic carbocycles. The van der Waals surface area contributed by atoms with Crippen LogP contribution >= 0.6 is 11.3 Å². The Morgan fingerprint density at radius 3 is 2.61 bits per heavy atom. The number of hydrogen-bond donors (Lipinski definition) is 2. The van der Waals surface area contributed by atoms with Crippen LogP contribution in [0.15, 0.2) is 39.1 Å².